The Bertz CT molecular complexity index is 1010. The van der Waals surface area contributed by atoms with Crippen molar-refractivity contribution in [3.63, 3.8) is 0 Å². The van der Waals surface area contributed by atoms with Crippen molar-refractivity contribution in [2.45, 2.75) is 31.6 Å². The number of hydrogen-bond donors (Lipinski definition) is 1. The summed E-state index contributed by atoms with van der Waals surface area (Å²) in [5.74, 6) is 0.782. The van der Waals surface area contributed by atoms with Gasteiger partial charge in [-0.25, -0.2) is 0 Å². The highest BCUT2D eigenvalue weighted by Gasteiger charge is 2.21. The van der Waals surface area contributed by atoms with Crippen LogP contribution < -0.4 is 5.32 Å². The molecule has 0 saturated heterocycles. The van der Waals surface area contributed by atoms with Crippen LogP contribution in [0.5, 0.6) is 0 Å². The number of amides is 1. The highest BCUT2D eigenvalue weighted by Crippen LogP contribution is 2.22. The molecule has 1 aromatic heterocycles. The maximum atomic E-state index is 12.6. The summed E-state index contributed by atoms with van der Waals surface area (Å²) < 4.78 is 2.66. The molecule has 29 heavy (non-hydrogen) atoms. The van der Waals surface area contributed by atoms with Crippen LogP contribution in [0.1, 0.15) is 46.4 Å². The fraction of sp³-hybridized carbons (Fsp3) is 0.238. The third kappa shape index (κ3) is 5.13. The average molecular weight is 473 g/mol. The molecule has 0 aliphatic rings. The fourth-order valence-corrected chi connectivity index (χ4v) is 4.21. The second kappa shape index (κ2) is 9.84. The average Bonchev–Trinajstić information content (AvgIpc) is 3.16. The molecule has 1 unspecified atom stereocenters. The van der Waals surface area contributed by atoms with E-state index in [1.807, 2.05) is 54.8 Å². The molecule has 1 N–H and O–H groups in total. The van der Waals surface area contributed by atoms with Gasteiger partial charge in [-0.05, 0) is 41.9 Å². The van der Waals surface area contributed by atoms with Gasteiger partial charge in [-0.1, -0.05) is 54.2 Å². The van der Waals surface area contributed by atoms with E-state index in [2.05, 4.69) is 31.4 Å². The first-order valence-electron chi connectivity index (χ1n) is 9.20. The van der Waals surface area contributed by atoms with E-state index >= 15 is 0 Å². The van der Waals surface area contributed by atoms with Crippen molar-refractivity contribution in [1.29, 1.82) is 0 Å². The molecule has 150 valence electrons. The van der Waals surface area contributed by atoms with E-state index in [0.717, 1.165) is 4.47 Å². The third-order valence-electron chi connectivity index (χ3n) is 4.34. The van der Waals surface area contributed by atoms with Crippen molar-refractivity contribution >= 4 is 39.4 Å². The Balaban J connectivity index is 1.69. The molecule has 0 radical (unpaired) electrons. The first-order chi connectivity index (χ1) is 14.0. The molecule has 0 bridgehead atoms. The monoisotopic (exact) mass is 472 g/mol. The Morgan fingerprint density at radius 2 is 1.79 bits per heavy atom. The van der Waals surface area contributed by atoms with Gasteiger partial charge in [-0.3, -0.25) is 9.59 Å². The minimum absolute atomic E-state index is 0.0399. The van der Waals surface area contributed by atoms with Gasteiger partial charge in [0.05, 0.1) is 17.4 Å². The van der Waals surface area contributed by atoms with E-state index in [9.17, 15) is 9.59 Å². The molecule has 6 nitrogen and oxygen atoms in total. The highest BCUT2D eigenvalue weighted by molar-refractivity contribution is 9.10. The van der Waals surface area contributed by atoms with Crippen molar-refractivity contribution in [1.82, 2.24) is 20.1 Å². The Hall–Kier alpha value is -2.45. The summed E-state index contributed by atoms with van der Waals surface area (Å²) in [6.07, 6.45) is 0. The molecular formula is C21H21BrN4O2S. The van der Waals surface area contributed by atoms with Crippen molar-refractivity contribution in [2.24, 2.45) is 0 Å². The zero-order chi connectivity index (χ0) is 20.8. The number of Topliss-reactive ketones (excluding diaryl/α,β-unsaturated/α-hetero) is 1. The number of nitrogens with one attached hydrogen (secondary N) is 1. The largest absolute Gasteiger partial charge is 0.342 e. The van der Waals surface area contributed by atoms with Crippen molar-refractivity contribution in [3.8, 4) is 0 Å². The summed E-state index contributed by atoms with van der Waals surface area (Å²) >= 11 is 4.75. The molecule has 2 aromatic carbocycles. The predicted octanol–water partition coefficient (Wildman–Crippen LogP) is 4.53. The minimum Gasteiger partial charge on any atom is -0.342 e. The van der Waals surface area contributed by atoms with Gasteiger partial charge >= 0.3 is 0 Å². The molecule has 1 atom stereocenters. The number of rotatable bonds is 8. The number of halogens is 1. The van der Waals surface area contributed by atoms with Crippen LogP contribution >= 0.6 is 27.7 Å². The molecule has 8 heteroatoms. The normalized spacial score (nSPS) is 11.8. The number of carbonyl (C=O) groups is 2. The second-order valence-corrected chi connectivity index (χ2v) is 8.13. The Labute approximate surface area is 182 Å². The summed E-state index contributed by atoms with van der Waals surface area (Å²) in [7, 11) is 0. The zero-order valence-corrected chi connectivity index (χ0v) is 18.5. The van der Waals surface area contributed by atoms with Crippen molar-refractivity contribution < 1.29 is 9.59 Å². The molecule has 0 aliphatic carbocycles. The van der Waals surface area contributed by atoms with Gasteiger partial charge < -0.3 is 9.88 Å². The van der Waals surface area contributed by atoms with Crippen LogP contribution in [0, 0.1) is 0 Å². The number of thioether (sulfide) groups is 1. The molecule has 3 rings (SSSR count). The van der Waals surface area contributed by atoms with Gasteiger partial charge in [-0.2, -0.15) is 0 Å². The molecule has 1 heterocycles. The smallest absolute Gasteiger partial charge is 0.253 e. The van der Waals surface area contributed by atoms with Crippen LogP contribution in [0.25, 0.3) is 0 Å². The lowest BCUT2D eigenvalue weighted by atomic mass is 10.2. The van der Waals surface area contributed by atoms with Gasteiger partial charge in [0.25, 0.3) is 5.91 Å². The third-order valence-corrected chi connectivity index (χ3v) is 6.00. The fourth-order valence-electron chi connectivity index (χ4n) is 2.85. The van der Waals surface area contributed by atoms with E-state index in [4.69, 9.17) is 0 Å². The van der Waals surface area contributed by atoms with Gasteiger partial charge in [0, 0.05) is 16.6 Å². The number of ketones is 1. The quantitative estimate of drug-likeness (QED) is 0.385. The standard InChI is InChI=1S/C21H21BrN4O2S/c1-3-26-19(14(2)23-20(28)16-11-7-8-12-17(16)22)24-25-21(26)29-13-18(27)15-9-5-4-6-10-15/h4-12,14H,3,13H2,1-2H3,(H,23,28). The Morgan fingerprint density at radius 3 is 2.48 bits per heavy atom. The molecule has 0 fully saturated rings. The van der Waals surface area contributed by atoms with E-state index in [-0.39, 0.29) is 23.5 Å². The van der Waals surface area contributed by atoms with Crippen LogP contribution in [0.4, 0.5) is 0 Å². The SMILES string of the molecule is CCn1c(SCC(=O)c2ccccc2)nnc1C(C)NC(=O)c1ccccc1Br. The molecule has 0 saturated carbocycles. The summed E-state index contributed by atoms with van der Waals surface area (Å²) in [6.45, 7) is 4.49. The van der Waals surface area contributed by atoms with Gasteiger partial charge in [-0.15, -0.1) is 10.2 Å². The summed E-state index contributed by atoms with van der Waals surface area (Å²) in [5, 5.41) is 12.1. The predicted molar refractivity (Wildman–Crippen MR) is 117 cm³/mol. The Morgan fingerprint density at radius 1 is 1.10 bits per heavy atom. The molecular weight excluding hydrogens is 452 g/mol. The van der Waals surface area contributed by atoms with Crippen LogP contribution in [0.2, 0.25) is 0 Å². The minimum atomic E-state index is -0.332. The van der Waals surface area contributed by atoms with Gasteiger partial charge in [0.1, 0.15) is 0 Å². The van der Waals surface area contributed by atoms with E-state index in [0.29, 0.717) is 28.7 Å². The maximum absolute atomic E-state index is 12.6. The summed E-state index contributed by atoms with van der Waals surface area (Å²) in [4.78, 5) is 24.9. The van der Waals surface area contributed by atoms with Crippen LogP contribution in [0.15, 0.2) is 64.2 Å². The molecule has 3 aromatic rings. The van der Waals surface area contributed by atoms with Gasteiger partial charge in [0.15, 0.2) is 16.8 Å². The van der Waals surface area contributed by atoms with Crippen LogP contribution in [-0.4, -0.2) is 32.2 Å². The summed E-state index contributed by atoms with van der Waals surface area (Å²) in [6, 6.07) is 16.1. The molecule has 0 spiro atoms. The molecule has 0 aliphatic heterocycles. The number of benzene rings is 2. The number of aromatic nitrogens is 3. The summed E-state index contributed by atoms with van der Waals surface area (Å²) in [5.41, 5.74) is 1.24. The first-order valence-corrected chi connectivity index (χ1v) is 11.0. The maximum Gasteiger partial charge on any atom is 0.253 e. The van der Waals surface area contributed by atoms with E-state index < -0.39 is 0 Å². The first kappa shape index (κ1) is 21.3. The lowest BCUT2D eigenvalue weighted by Gasteiger charge is -2.15. The molecule has 1 amide bonds. The lowest BCUT2D eigenvalue weighted by Crippen LogP contribution is -2.29. The van der Waals surface area contributed by atoms with E-state index in [1.54, 1.807) is 18.2 Å². The van der Waals surface area contributed by atoms with Crippen LogP contribution in [-0.2, 0) is 6.54 Å². The second-order valence-electron chi connectivity index (χ2n) is 6.34. The Kier molecular flexibility index (Phi) is 7.22. The van der Waals surface area contributed by atoms with Crippen LogP contribution in [0.3, 0.4) is 0 Å². The zero-order valence-electron chi connectivity index (χ0n) is 16.1. The lowest BCUT2D eigenvalue weighted by molar-refractivity contribution is 0.0936. The number of carbonyl (C=O) groups excluding carboxylic acids is 2. The van der Waals surface area contributed by atoms with E-state index in [1.165, 1.54) is 11.8 Å². The van der Waals surface area contributed by atoms with Gasteiger partial charge in [0.2, 0.25) is 0 Å². The highest BCUT2D eigenvalue weighted by atomic mass is 79.9. The van der Waals surface area contributed by atoms with Crippen molar-refractivity contribution in [2.75, 3.05) is 5.75 Å². The number of hydrogen-bond acceptors (Lipinski definition) is 5. The van der Waals surface area contributed by atoms with Crippen molar-refractivity contribution in [3.05, 3.63) is 76.0 Å². The topological polar surface area (TPSA) is 76.9 Å². The number of nitrogens with zero attached hydrogens (tertiary/aromatic N) is 3.